The van der Waals surface area contributed by atoms with Gasteiger partial charge in [-0.15, -0.1) is 0 Å². The molecule has 1 aromatic carbocycles. The standard InChI is InChI=1S/C11H13FN2O2S/c1-16-6-5-9(15)14-8-4-2-3-7(12)10(8)11(13)17/h2-4H,5-6H2,1H3,(H2,13,17)(H,14,15). The monoisotopic (exact) mass is 256 g/mol. The van der Waals surface area contributed by atoms with Crippen LogP contribution in [-0.4, -0.2) is 24.6 Å². The molecule has 0 bridgehead atoms. The van der Waals surface area contributed by atoms with Crippen LogP contribution in [0, 0.1) is 5.82 Å². The molecule has 0 unspecified atom stereocenters. The van der Waals surface area contributed by atoms with Crippen LogP contribution in [0.2, 0.25) is 0 Å². The Morgan fingerprint density at radius 1 is 1.59 bits per heavy atom. The zero-order valence-corrected chi connectivity index (χ0v) is 10.1. The summed E-state index contributed by atoms with van der Waals surface area (Å²) in [5.74, 6) is -0.836. The van der Waals surface area contributed by atoms with Crippen molar-refractivity contribution in [1.29, 1.82) is 0 Å². The zero-order chi connectivity index (χ0) is 12.8. The van der Waals surface area contributed by atoms with Crippen molar-refractivity contribution in [1.82, 2.24) is 0 Å². The van der Waals surface area contributed by atoms with Gasteiger partial charge < -0.3 is 15.8 Å². The highest BCUT2D eigenvalue weighted by Gasteiger charge is 2.12. The number of amides is 1. The Bertz CT molecular complexity index is 437. The molecule has 1 aromatic rings. The first-order chi connectivity index (χ1) is 8.06. The lowest BCUT2D eigenvalue weighted by atomic mass is 10.1. The number of methoxy groups -OCH3 is 1. The highest BCUT2D eigenvalue weighted by atomic mass is 32.1. The zero-order valence-electron chi connectivity index (χ0n) is 9.33. The van der Waals surface area contributed by atoms with Gasteiger partial charge in [0.25, 0.3) is 0 Å². The van der Waals surface area contributed by atoms with E-state index in [1.807, 2.05) is 0 Å². The first-order valence-electron chi connectivity index (χ1n) is 4.93. The summed E-state index contributed by atoms with van der Waals surface area (Å²) >= 11 is 4.74. The van der Waals surface area contributed by atoms with Crippen molar-refractivity contribution < 1.29 is 13.9 Å². The van der Waals surface area contributed by atoms with E-state index in [1.54, 1.807) is 6.07 Å². The van der Waals surface area contributed by atoms with E-state index >= 15 is 0 Å². The van der Waals surface area contributed by atoms with Gasteiger partial charge in [0.15, 0.2) is 0 Å². The molecule has 3 N–H and O–H groups in total. The van der Waals surface area contributed by atoms with E-state index < -0.39 is 5.82 Å². The quantitative estimate of drug-likeness (QED) is 0.782. The number of ether oxygens (including phenoxy) is 1. The Kier molecular flexibility index (Phi) is 4.99. The molecule has 0 radical (unpaired) electrons. The average molecular weight is 256 g/mol. The van der Waals surface area contributed by atoms with Gasteiger partial charge in [-0.2, -0.15) is 0 Å². The second-order valence-electron chi connectivity index (χ2n) is 3.32. The topological polar surface area (TPSA) is 64.3 Å². The largest absolute Gasteiger partial charge is 0.389 e. The first-order valence-corrected chi connectivity index (χ1v) is 5.34. The Labute approximate surface area is 104 Å². The van der Waals surface area contributed by atoms with Gasteiger partial charge in [-0.1, -0.05) is 18.3 Å². The van der Waals surface area contributed by atoms with Crippen molar-refractivity contribution in [3.63, 3.8) is 0 Å². The lowest BCUT2D eigenvalue weighted by Gasteiger charge is -2.10. The number of benzene rings is 1. The van der Waals surface area contributed by atoms with E-state index in [0.29, 0.717) is 6.61 Å². The fourth-order valence-corrected chi connectivity index (χ4v) is 1.49. The summed E-state index contributed by atoms with van der Waals surface area (Å²) in [7, 11) is 1.50. The number of rotatable bonds is 5. The van der Waals surface area contributed by atoms with Crippen LogP contribution in [0.4, 0.5) is 10.1 Å². The van der Waals surface area contributed by atoms with Crippen molar-refractivity contribution in [2.45, 2.75) is 6.42 Å². The summed E-state index contributed by atoms with van der Waals surface area (Å²) in [4.78, 5) is 11.4. The third-order valence-electron chi connectivity index (χ3n) is 2.07. The number of nitrogens with two attached hydrogens (primary N) is 1. The van der Waals surface area contributed by atoms with Gasteiger partial charge in [-0.3, -0.25) is 4.79 Å². The maximum atomic E-state index is 13.5. The average Bonchev–Trinajstić information content (AvgIpc) is 2.25. The van der Waals surface area contributed by atoms with Crippen molar-refractivity contribution in [3.8, 4) is 0 Å². The van der Waals surface area contributed by atoms with Gasteiger partial charge >= 0.3 is 0 Å². The second-order valence-corrected chi connectivity index (χ2v) is 3.76. The van der Waals surface area contributed by atoms with Crippen LogP contribution < -0.4 is 11.1 Å². The van der Waals surface area contributed by atoms with E-state index in [-0.39, 0.29) is 28.6 Å². The SMILES string of the molecule is COCCC(=O)Nc1cccc(F)c1C(N)=S. The maximum Gasteiger partial charge on any atom is 0.226 e. The van der Waals surface area contributed by atoms with Crippen molar-refractivity contribution in [3.05, 3.63) is 29.6 Å². The van der Waals surface area contributed by atoms with E-state index in [1.165, 1.54) is 19.2 Å². The van der Waals surface area contributed by atoms with Crippen LogP contribution in [0.25, 0.3) is 0 Å². The number of hydrogen-bond acceptors (Lipinski definition) is 3. The molecule has 0 aliphatic carbocycles. The predicted octanol–water partition coefficient (Wildman–Crippen LogP) is 1.43. The van der Waals surface area contributed by atoms with E-state index in [0.717, 1.165) is 0 Å². The molecular weight excluding hydrogens is 243 g/mol. The number of nitrogens with one attached hydrogen (secondary N) is 1. The highest BCUT2D eigenvalue weighted by Crippen LogP contribution is 2.18. The molecule has 0 heterocycles. The molecule has 1 rings (SSSR count). The van der Waals surface area contributed by atoms with Gasteiger partial charge in [0.05, 0.1) is 24.3 Å². The molecule has 6 heteroatoms. The number of thiocarbonyl (C=S) groups is 1. The van der Waals surface area contributed by atoms with Crippen LogP contribution in [-0.2, 0) is 9.53 Å². The van der Waals surface area contributed by atoms with Crippen LogP contribution in [0.3, 0.4) is 0 Å². The Morgan fingerprint density at radius 3 is 2.88 bits per heavy atom. The Hall–Kier alpha value is -1.53. The molecule has 0 atom stereocenters. The van der Waals surface area contributed by atoms with Crippen LogP contribution >= 0.6 is 12.2 Å². The summed E-state index contributed by atoms with van der Waals surface area (Å²) in [5, 5.41) is 2.54. The third kappa shape index (κ3) is 3.76. The van der Waals surface area contributed by atoms with Gasteiger partial charge in [0.1, 0.15) is 10.8 Å². The van der Waals surface area contributed by atoms with E-state index in [9.17, 15) is 9.18 Å². The van der Waals surface area contributed by atoms with Crippen molar-refractivity contribution >= 4 is 28.8 Å². The Balaban J connectivity index is 2.87. The minimum absolute atomic E-state index is 0.0493. The summed E-state index contributed by atoms with van der Waals surface area (Å²) in [5.41, 5.74) is 5.73. The number of anilines is 1. The molecule has 0 fully saturated rings. The molecule has 0 aliphatic heterocycles. The van der Waals surface area contributed by atoms with Gasteiger partial charge in [0.2, 0.25) is 5.91 Å². The molecule has 1 amide bonds. The minimum atomic E-state index is -0.554. The lowest BCUT2D eigenvalue weighted by Crippen LogP contribution is -2.19. The Morgan fingerprint density at radius 2 is 2.29 bits per heavy atom. The molecular formula is C11H13FN2O2S. The highest BCUT2D eigenvalue weighted by molar-refractivity contribution is 7.80. The molecule has 17 heavy (non-hydrogen) atoms. The van der Waals surface area contributed by atoms with Crippen LogP contribution in [0.1, 0.15) is 12.0 Å². The van der Waals surface area contributed by atoms with Gasteiger partial charge in [-0.05, 0) is 12.1 Å². The summed E-state index contributed by atoms with van der Waals surface area (Å²) in [6.45, 7) is 0.295. The predicted molar refractivity (Wildman–Crippen MR) is 67.4 cm³/mol. The second kappa shape index (κ2) is 6.27. The molecule has 92 valence electrons. The van der Waals surface area contributed by atoms with Gasteiger partial charge in [-0.25, -0.2) is 4.39 Å². The lowest BCUT2D eigenvalue weighted by molar-refractivity contribution is -0.117. The van der Waals surface area contributed by atoms with Gasteiger partial charge in [0, 0.05) is 7.11 Å². The fourth-order valence-electron chi connectivity index (χ4n) is 1.29. The van der Waals surface area contributed by atoms with Crippen molar-refractivity contribution in [2.24, 2.45) is 5.73 Å². The summed E-state index contributed by atoms with van der Waals surface area (Å²) in [6, 6.07) is 4.25. The smallest absolute Gasteiger partial charge is 0.226 e. The molecule has 0 spiro atoms. The van der Waals surface area contributed by atoms with E-state index in [4.69, 9.17) is 22.7 Å². The molecule has 0 aliphatic rings. The number of halogens is 1. The molecule has 0 saturated carbocycles. The number of carbonyl (C=O) groups is 1. The van der Waals surface area contributed by atoms with Crippen LogP contribution in [0.15, 0.2) is 18.2 Å². The molecule has 0 aromatic heterocycles. The van der Waals surface area contributed by atoms with E-state index in [2.05, 4.69) is 5.32 Å². The fraction of sp³-hybridized carbons (Fsp3) is 0.273. The third-order valence-corrected chi connectivity index (χ3v) is 2.27. The molecule has 0 saturated heterocycles. The summed E-state index contributed by atoms with van der Waals surface area (Å²) < 4.78 is 18.2. The number of carbonyl (C=O) groups excluding carboxylic acids is 1. The minimum Gasteiger partial charge on any atom is -0.389 e. The van der Waals surface area contributed by atoms with Crippen LogP contribution in [0.5, 0.6) is 0 Å². The summed E-state index contributed by atoms with van der Waals surface area (Å²) in [6.07, 6.45) is 0.184. The first kappa shape index (κ1) is 13.5. The normalized spacial score (nSPS) is 10.0. The number of hydrogen-bond donors (Lipinski definition) is 2. The molecule has 4 nitrogen and oxygen atoms in total. The van der Waals surface area contributed by atoms with Crippen molar-refractivity contribution in [2.75, 3.05) is 19.0 Å². The maximum absolute atomic E-state index is 13.5.